The van der Waals surface area contributed by atoms with Crippen molar-refractivity contribution in [2.45, 2.75) is 37.3 Å². The van der Waals surface area contributed by atoms with E-state index >= 15 is 0 Å². The van der Waals surface area contributed by atoms with Crippen molar-refractivity contribution in [1.29, 1.82) is 0 Å². The molecule has 0 radical (unpaired) electrons. The zero-order valence-electron chi connectivity index (χ0n) is 11.6. The maximum absolute atomic E-state index is 12.6. The van der Waals surface area contributed by atoms with Crippen LogP contribution in [0.5, 0.6) is 5.75 Å². The van der Waals surface area contributed by atoms with Gasteiger partial charge in [0.05, 0.1) is 0 Å². The van der Waals surface area contributed by atoms with Gasteiger partial charge in [-0.15, -0.1) is 0 Å². The third-order valence-electron chi connectivity index (χ3n) is 4.71. The van der Waals surface area contributed by atoms with E-state index in [0.29, 0.717) is 12.3 Å². The predicted molar refractivity (Wildman–Crippen MR) is 82.0 cm³/mol. The number of carbonyl (C=O) groups excluding carboxylic acids is 1. The first-order valence-electron chi connectivity index (χ1n) is 7.09. The van der Waals surface area contributed by atoms with E-state index in [2.05, 4.69) is 33.2 Å². The number of carbonyl (C=O) groups is 1. The second kappa shape index (κ2) is 4.00. The Morgan fingerprint density at radius 1 is 1.48 bits per heavy atom. The molecule has 0 bridgehead atoms. The van der Waals surface area contributed by atoms with Gasteiger partial charge in [-0.05, 0) is 43.9 Å². The van der Waals surface area contributed by atoms with E-state index in [4.69, 9.17) is 10.5 Å². The van der Waals surface area contributed by atoms with Crippen molar-refractivity contribution in [1.82, 2.24) is 5.32 Å². The average molecular weight is 350 g/mol. The lowest BCUT2D eigenvalue weighted by Gasteiger charge is -2.43. The van der Waals surface area contributed by atoms with Crippen molar-refractivity contribution in [3.8, 4) is 5.75 Å². The summed E-state index contributed by atoms with van der Waals surface area (Å²) in [6.07, 6.45) is 2.80. The van der Waals surface area contributed by atoms with E-state index in [-0.39, 0.29) is 17.5 Å². The lowest BCUT2D eigenvalue weighted by atomic mass is 9.75. The Kier molecular flexibility index (Phi) is 2.50. The molecule has 0 aromatic heterocycles. The van der Waals surface area contributed by atoms with Crippen LogP contribution in [0.1, 0.15) is 31.7 Å². The van der Waals surface area contributed by atoms with E-state index < -0.39 is 5.54 Å². The SMILES string of the molecule is C[C@]1(C2CC2)CC2(N=C(N)NC2=O)c2cc(Br)ccc2O1. The molecule has 3 N–H and O–H groups in total. The predicted octanol–water partition coefficient (Wildman–Crippen LogP) is 2.04. The molecule has 2 aliphatic heterocycles. The number of nitrogens with zero attached hydrogens (tertiary/aromatic N) is 1. The maximum atomic E-state index is 12.6. The number of nitrogens with one attached hydrogen (secondary N) is 1. The van der Waals surface area contributed by atoms with Crippen LogP contribution in [0.4, 0.5) is 0 Å². The van der Waals surface area contributed by atoms with Crippen LogP contribution >= 0.6 is 15.9 Å². The molecular formula is C15H16BrN3O2. The molecule has 1 aromatic carbocycles. The van der Waals surface area contributed by atoms with Crippen molar-refractivity contribution >= 4 is 27.8 Å². The molecule has 1 fully saturated rings. The quantitative estimate of drug-likeness (QED) is 0.814. The van der Waals surface area contributed by atoms with Crippen LogP contribution < -0.4 is 15.8 Å². The number of ether oxygens (including phenoxy) is 1. The third kappa shape index (κ3) is 1.81. The number of hydrogen-bond acceptors (Lipinski definition) is 4. The Morgan fingerprint density at radius 3 is 2.86 bits per heavy atom. The summed E-state index contributed by atoms with van der Waals surface area (Å²) in [6, 6.07) is 5.73. The van der Waals surface area contributed by atoms with Crippen LogP contribution in [-0.2, 0) is 10.3 Å². The average Bonchev–Trinajstić information content (AvgIpc) is 3.20. The van der Waals surface area contributed by atoms with Crippen molar-refractivity contribution in [2.75, 3.05) is 0 Å². The Labute approximate surface area is 131 Å². The second-order valence-corrected chi connectivity index (χ2v) is 7.23. The van der Waals surface area contributed by atoms with Crippen molar-refractivity contribution in [3.63, 3.8) is 0 Å². The van der Waals surface area contributed by atoms with Gasteiger partial charge in [0.15, 0.2) is 11.5 Å². The summed E-state index contributed by atoms with van der Waals surface area (Å²) in [5, 5.41) is 2.65. The summed E-state index contributed by atoms with van der Waals surface area (Å²) in [5.74, 6) is 1.24. The number of nitrogens with two attached hydrogens (primary N) is 1. The molecule has 1 aliphatic carbocycles. The topological polar surface area (TPSA) is 76.7 Å². The number of rotatable bonds is 1. The monoisotopic (exact) mass is 349 g/mol. The highest BCUT2D eigenvalue weighted by atomic mass is 79.9. The van der Waals surface area contributed by atoms with E-state index in [0.717, 1.165) is 28.6 Å². The number of halogens is 1. The highest BCUT2D eigenvalue weighted by Crippen LogP contribution is 2.55. The zero-order chi connectivity index (χ0) is 14.8. The summed E-state index contributed by atoms with van der Waals surface area (Å²) in [4.78, 5) is 17.1. The largest absolute Gasteiger partial charge is 0.487 e. The normalized spacial score (nSPS) is 34.2. The van der Waals surface area contributed by atoms with E-state index in [1.165, 1.54) is 0 Å². The van der Waals surface area contributed by atoms with Crippen molar-refractivity contribution in [3.05, 3.63) is 28.2 Å². The molecule has 1 unspecified atom stereocenters. The summed E-state index contributed by atoms with van der Waals surface area (Å²) < 4.78 is 7.15. The number of amides is 1. The molecule has 1 aromatic rings. The molecule has 1 amide bonds. The zero-order valence-corrected chi connectivity index (χ0v) is 13.2. The minimum absolute atomic E-state index is 0.158. The highest BCUT2D eigenvalue weighted by Gasteiger charge is 2.58. The van der Waals surface area contributed by atoms with Gasteiger partial charge in [0.25, 0.3) is 5.91 Å². The minimum Gasteiger partial charge on any atom is -0.487 e. The van der Waals surface area contributed by atoms with Gasteiger partial charge in [-0.2, -0.15) is 0 Å². The molecule has 5 nitrogen and oxygen atoms in total. The molecule has 2 atom stereocenters. The smallest absolute Gasteiger partial charge is 0.259 e. The molecule has 0 saturated heterocycles. The fourth-order valence-electron chi connectivity index (χ4n) is 3.53. The van der Waals surface area contributed by atoms with E-state index in [9.17, 15) is 4.79 Å². The minimum atomic E-state index is -0.960. The molecule has 4 rings (SSSR count). The number of aliphatic imine (C=N–C) groups is 1. The van der Waals surface area contributed by atoms with Crippen LogP contribution in [-0.4, -0.2) is 17.5 Å². The molecule has 3 aliphatic rings. The van der Waals surface area contributed by atoms with Gasteiger partial charge in [0, 0.05) is 16.5 Å². The van der Waals surface area contributed by atoms with Gasteiger partial charge in [-0.3, -0.25) is 10.1 Å². The molecule has 2 heterocycles. The van der Waals surface area contributed by atoms with Crippen LogP contribution in [0.3, 0.4) is 0 Å². The van der Waals surface area contributed by atoms with Gasteiger partial charge in [-0.1, -0.05) is 15.9 Å². The summed E-state index contributed by atoms with van der Waals surface area (Å²) in [5.41, 5.74) is 5.23. The molecule has 1 saturated carbocycles. The molecule has 6 heteroatoms. The summed E-state index contributed by atoms with van der Waals surface area (Å²) in [6.45, 7) is 2.08. The molecular weight excluding hydrogens is 334 g/mol. The molecule has 110 valence electrons. The number of hydrogen-bond donors (Lipinski definition) is 2. The first kappa shape index (κ1) is 13.1. The van der Waals surface area contributed by atoms with Crippen LogP contribution in [0.2, 0.25) is 0 Å². The summed E-state index contributed by atoms with van der Waals surface area (Å²) in [7, 11) is 0. The van der Waals surface area contributed by atoms with Crippen LogP contribution in [0.15, 0.2) is 27.7 Å². The van der Waals surface area contributed by atoms with E-state index in [1.54, 1.807) is 0 Å². The molecule has 1 spiro atoms. The van der Waals surface area contributed by atoms with Gasteiger partial charge in [0.2, 0.25) is 0 Å². The van der Waals surface area contributed by atoms with Gasteiger partial charge >= 0.3 is 0 Å². The number of benzene rings is 1. The van der Waals surface area contributed by atoms with Crippen LogP contribution in [0.25, 0.3) is 0 Å². The number of guanidine groups is 1. The number of fused-ring (bicyclic) bond motifs is 2. The third-order valence-corrected chi connectivity index (χ3v) is 5.20. The second-order valence-electron chi connectivity index (χ2n) is 6.32. The Bertz CT molecular complexity index is 685. The Balaban J connectivity index is 1.93. The highest BCUT2D eigenvalue weighted by molar-refractivity contribution is 9.10. The standard InChI is InChI=1S/C15H16BrN3O2/c1-14(8-2-3-8)7-15(12(20)18-13(17)19-15)10-6-9(16)4-5-11(10)21-14/h4-6,8H,2-3,7H2,1H3,(H3,17,18,19,20)/t14-,15?/m1/s1. The van der Waals surface area contributed by atoms with Crippen LogP contribution in [0, 0.1) is 5.92 Å². The Morgan fingerprint density at radius 2 is 2.24 bits per heavy atom. The van der Waals surface area contributed by atoms with Gasteiger partial charge in [-0.25, -0.2) is 4.99 Å². The Hall–Kier alpha value is -1.56. The van der Waals surface area contributed by atoms with Crippen molar-refractivity contribution < 1.29 is 9.53 Å². The fraction of sp³-hybridized carbons (Fsp3) is 0.467. The first-order chi connectivity index (χ1) is 9.93. The lowest BCUT2D eigenvalue weighted by molar-refractivity contribution is -0.127. The summed E-state index contributed by atoms with van der Waals surface area (Å²) >= 11 is 3.46. The molecule has 21 heavy (non-hydrogen) atoms. The van der Waals surface area contributed by atoms with Crippen molar-refractivity contribution in [2.24, 2.45) is 16.6 Å². The van der Waals surface area contributed by atoms with Gasteiger partial charge < -0.3 is 10.5 Å². The van der Waals surface area contributed by atoms with E-state index in [1.807, 2.05) is 18.2 Å². The maximum Gasteiger partial charge on any atom is 0.259 e. The van der Waals surface area contributed by atoms with Gasteiger partial charge in [0.1, 0.15) is 11.4 Å². The fourth-order valence-corrected chi connectivity index (χ4v) is 3.89. The lowest BCUT2D eigenvalue weighted by Crippen LogP contribution is -2.51. The first-order valence-corrected chi connectivity index (χ1v) is 7.88.